The Kier molecular flexibility index (Phi) is 4.00. The molecule has 1 aromatic carbocycles. The van der Waals surface area contributed by atoms with E-state index in [0.717, 1.165) is 5.56 Å². The van der Waals surface area contributed by atoms with Crippen molar-refractivity contribution in [3.8, 4) is 6.07 Å². The van der Waals surface area contributed by atoms with Gasteiger partial charge in [0.2, 0.25) is 0 Å². The van der Waals surface area contributed by atoms with Gasteiger partial charge in [0.05, 0.1) is 22.6 Å². The van der Waals surface area contributed by atoms with Crippen LogP contribution in [-0.2, 0) is 20.3 Å². The molecule has 0 atom stereocenters. The molecule has 1 saturated heterocycles. The molecule has 1 aliphatic heterocycles. The van der Waals surface area contributed by atoms with Gasteiger partial charge >= 0.3 is 0 Å². The van der Waals surface area contributed by atoms with Gasteiger partial charge in [0, 0.05) is 13.2 Å². The summed E-state index contributed by atoms with van der Waals surface area (Å²) in [4.78, 5) is 0. The van der Waals surface area contributed by atoms with Crippen LogP contribution in [0.15, 0.2) is 24.3 Å². The van der Waals surface area contributed by atoms with E-state index >= 15 is 0 Å². The van der Waals surface area contributed by atoms with Gasteiger partial charge in [-0.3, -0.25) is 0 Å². The monoisotopic (exact) mass is 265 g/mol. The molecular weight excluding hydrogens is 250 g/mol. The Morgan fingerprint density at radius 3 is 2.39 bits per heavy atom. The quantitative estimate of drug-likeness (QED) is 0.833. The van der Waals surface area contributed by atoms with Gasteiger partial charge in [-0.05, 0) is 30.5 Å². The zero-order valence-corrected chi connectivity index (χ0v) is 10.8. The van der Waals surface area contributed by atoms with E-state index in [4.69, 9.17) is 10.00 Å². The fourth-order valence-corrected chi connectivity index (χ4v) is 3.86. The van der Waals surface area contributed by atoms with Crippen molar-refractivity contribution in [2.24, 2.45) is 0 Å². The average Bonchev–Trinajstić information content (AvgIpc) is 2.40. The fourth-order valence-electron chi connectivity index (χ4n) is 2.06. The molecule has 0 bridgehead atoms. The molecule has 5 heteroatoms. The minimum atomic E-state index is -3.12. The molecular formula is C13H15NO3S. The van der Waals surface area contributed by atoms with Gasteiger partial charge in [0.15, 0.2) is 9.84 Å². The zero-order chi connectivity index (χ0) is 13.0. The first kappa shape index (κ1) is 13.1. The maximum atomic E-state index is 12.2. The van der Waals surface area contributed by atoms with Crippen LogP contribution in [0.1, 0.15) is 24.0 Å². The molecule has 0 saturated carbocycles. The molecule has 1 aliphatic rings. The Balaban J connectivity index is 2.09. The maximum Gasteiger partial charge on any atom is 0.157 e. The smallest absolute Gasteiger partial charge is 0.157 e. The lowest BCUT2D eigenvalue weighted by Gasteiger charge is -2.22. The highest BCUT2D eigenvalue weighted by molar-refractivity contribution is 7.91. The summed E-state index contributed by atoms with van der Waals surface area (Å²) in [6.45, 7) is 1.05. The number of sulfone groups is 1. The van der Waals surface area contributed by atoms with Crippen LogP contribution in [0.4, 0.5) is 0 Å². The number of hydrogen-bond donors (Lipinski definition) is 0. The van der Waals surface area contributed by atoms with E-state index in [1.165, 1.54) is 0 Å². The van der Waals surface area contributed by atoms with E-state index in [1.54, 1.807) is 24.3 Å². The molecule has 0 spiro atoms. The Morgan fingerprint density at radius 2 is 1.83 bits per heavy atom. The van der Waals surface area contributed by atoms with Crippen molar-refractivity contribution in [3.63, 3.8) is 0 Å². The second-order valence-electron chi connectivity index (χ2n) is 4.43. The average molecular weight is 265 g/mol. The normalized spacial score (nSPS) is 17.3. The third-order valence-electron chi connectivity index (χ3n) is 3.13. The van der Waals surface area contributed by atoms with E-state index < -0.39 is 9.84 Å². The topological polar surface area (TPSA) is 67.2 Å². The number of ether oxygens (including phenoxy) is 1. The van der Waals surface area contributed by atoms with Crippen LogP contribution in [0.5, 0.6) is 0 Å². The van der Waals surface area contributed by atoms with Crippen molar-refractivity contribution in [1.82, 2.24) is 0 Å². The molecule has 1 heterocycles. The molecule has 4 nitrogen and oxygen atoms in total. The van der Waals surface area contributed by atoms with Crippen LogP contribution in [0.25, 0.3) is 0 Å². The summed E-state index contributed by atoms with van der Waals surface area (Å²) in [7, 11) is -3.12. The molecule has 0 aromatic heterocycles. The summed E-state index contributed by atoms with van der Waals surface area (Å²) >= 11 is 0. The standard InChI is InChI=1S/C13H15NO3S/c14-9-11-1-3-12(4-2-11)10-18(15,16)13-5-7-17-8-6-13/h1-4,13H,5-8,10H2. The number of nitrogens with zero attached hydrogens (tertiary/aromatic N) is 1. The highest BCUT2D eigenvalue weighted by Crippen LogP contribution is 2.20. The molecule has 0 N–H and O–H groups in total. The van der Waals surface area contributed by atoms with E-state index in [9.17, 15) is 8.42 Å². The van der Waals surface area contributed by atoms with Crippen molar-refractivity contribution in [3.05, 3.63) is 35.4 Å². The van der Waals surface area contributed by atoms with Crippen LogP contribution in [-0.4, -0.2) is 26.9 Å². The number of nitriles is 1. The van der Waals surface area contributed by atoms with Crippen LogP contribution < -0.4 is 0 Å². The Morgan fingerprint density at radius 1 is 1.22 bits per heavy atom. The number of rotatable bonds is 3. The second-order valence-corrected chi connectivity index (χ2v) is 6.71. The summed E-state index contributed by atoms with van der Waals surface area (Å²) < 4.78 is 29.6. The lowest BCUT2D eigenvalue weighted by molar-refractivity contribution is 0.0983. The molecule has 18 heavy (non-hydrogen) atoms. The van der Waals surface area contributed by atoms with Crippen LogP contribution in [0.3, 0.4) is 0 Å². The number of benzene rings is 1. The van der Waals surface area contributed by atoms with Crippen LogP contribution >= 0.6 is 0 Å². The van der Waals surface area contributed by atoms with Gasteiger partial charge in [-0.15, -0.1) is 0 Å². The highest BCUT2D eigenvalue weighted by Gasteiger charge is 2.27. The third-order valence-corrected chi connectivity index (χ3v) is 5.35. The zero-order valence-electron chi connectivity index (χ0n) is 10.0. The fraction of sp³-hybridized carbons (Fsp3) is 0.462. The summed E-state index contributed by atoms with van der Waals surface area (Å²) in [5.74, 6) is 0.0450. The summed E-state index contributed by atoms with van der Waals surface area (Å²) in [6.07, 6.45) is 1.16. The van der Waals surface area contributed by atoms with Crippen molar-refractivity contribution < 1.29 is 13.2 Å². The predicted octanol–water partition coefficient (Wildman–Crippen LogP) is 1.65. The van der Waals surface area contributed by atoms with Gasteiger partial charge in [-0.25, -0.2) is 8.42 Å². The Hall–Kier alpha value is -1.38. The van der Waals surface area contributed by atoms with E-state index in [2.05, 4.69) is 0 Å². The van der Waals surface area contributed by atoms with Gasteiger partial charge in [-0.2, -0.15) is 5.26 Å². The largest absolute Gasteiger partial charge is 0.381 e. The SMILES string of the molecule is N#Cc1ccc(CS(=O)(=O)C2CCOCC2)cc1. The number of hydrogen-bond acceptors (Lipinski definition) is 4. The van der Waals surface area contributed by atoms with Crippen molar-refractivity contribution in [1.29, 1.82) is 5.26 Å². The van der Waals surface area contributed by atoms with Crippen molar-refractivity contribution >= 4 is 9.84 Å². The van der Waals surface area contributed by atoms with Gasteiger partial charge in [0.25, 0.3) is 0 Å². The molecule has 0 aliphatic carbocycles. The molecule has 96 valence electrons. The first-order valence-electron chi connectivity index (χ1n) is 5.90. The minimum Gasteiger partial charge on any atom is -0.381 e. The van der Waals surface area contributed by atoms with Gasteiger partial charge in [0.1, 0.15) is 0 Å². The predicted molar refractivity (Wildman–Crippen MR) is 67.6 cm³/mol. The summed E-state index contributed by atoms with van der Waals surface area (Å²) in [5, 5.41) is 8.39. The molecule has 1 aromatic rings. The van der Waals surface area contributed by atoms with E-state index in [0.29, 0.717) is 31.6 Å². The Bertz CT molecular complexity index is 537. The van der Waals surface area contributed by atoms with Gasteiger partial charge in [-0.1, -0.05) is 12.1 Å². The lowest BCUT2D eigenvalue weighted by atomic mass is 10.2. The Labute approximate surface area is 107 Å². The van der Waals surface area contributed by atoms with Crippen molar-refractivity contribution in [2.45, 2.75) is 23.8 Å². The molecule has 0 amide bonds. The van der Waals surface area contributed by atoms with Crippen molar-refractivity contribution in [2.75, 3.05) is 13.2 Å². The first-order chi connectivity index (χ1) is 8.62. The summed E-state index contributed by atoms with van der Waals surface area (Å²) in [6, 6.07) is 8.72. The van der Waals surface area contributed by atoms with E-state index in [1.807, 2.05) is 6.07 Å². The van der Waals surface area contributed by atoms with Crippen LogP contribution in [0, 0.1) is 11.3 Å². The highest BCUT2D eigenvalue weighted by atomic mass is 32.2. The molecule has 2 rings (SSSR count). The van der Waals surface area contributed by atoms with E-state index in [-0.39, 0.29) is 11.0 Å². The summed E-state index contributed by atoms with van der Waals surface area (Å²) in [5.41, 5.74) is 1.28. The molecule has 1 fully saturated rings. The second kappa shape index (κ2) is 5.51. The first-order valence-corrected chi connectivity index (χ1v) is 7.62. The third kappa shape index (κ3) is 3.09. The van der Waals surface area contributed by atoms with Gasteiger partial charge < -0.3 is 4.74 Å². The molecule has 0 unspecified atom stereocenters. The lowest BCUT2D eigenvalue weighted by Crippen LogP contribution is -2.29. The molecule has 0 radical (unpaired) electrons. The maximum absolute atomic E-state index is 12.2. The van der Waals surface area contributed by atoms with Crippen LogP contribution in [0.2, 0.25) is 0 Å². The minimum absolute atomic E-state index is 0.0450.